The van der Waals surface area contributed by atoms with E-state index in [0.717, 1.165) is 0 Å². The Morgan fingerprint density at radius 1 is 1.00 bits per heavy atom. The number of hydrogen-bond donors (Lipinski definition) is 0. The van der Waals surface area contributed by atoms with Gasteiger partial charge in [0.05, 0.1) is 0 Å². The zero-order valence-corrected chi connectivity index (χ0v) is 5.92. The van der Waals surface area contributed by atoms with E-state index in [4.69, 9.17) is 0 Å². The molecule has 0 N–H and O–H groups in total. The second kappa shape index (κ2) is 18.4. The molecule has 22 valence electrons. The second-order valence-corrected chi connectivity index (χ2v) is 0. The van der Waals surface area contributed by atoms with E-state index in [1.807, 2.05) is 0 Å². The molecule has 0 spiro atoms. The van der Waals surface area contributed by atoms with Gasteiger partial charge in [-0.05, 0) is 0 Å². The van der Waals surface area contributed by atoms with Crippen molar-refractivity contribution in [1.29, 1.82) is 0 Å². The van der Waals surface area contributed by atoms with Gasteiger partial charge in [-0.3, -0.25) is 0 Å². The smallest absolute Gasteiger partial charge is 0 e. The van der Waals surface area contributed by atoms with Gasteiger partial charge >= 0.3 is 0 Å². The van der Waals surface area contributed by atoms with Crippen LogP contribution in [0.3, 0.4) is 0 Å². The predicted molar refractivity (Wildman–Crippen MR) is 5.75 cm³/mol. The third-order valence-electron chi connectivity index (χ3n) is 0. The van der Waals surface area contributed by atoms with E-state index in [9.17, 15) is 0 Å². The minimum Gasteiger partial charge on any atom is 0 e. The molecule has 0 aromatic carbocycles. The summed E-state index contributed by atoms with van der Waals surface area (Å²) in [6, 6.07) is 0. The average molecular weight is 168 g/mol. The van der Waals surface area contributed by atoms with Crippen LogP contribution in [0.25, 0.3) is 0 Å². The Morgan fingerprint density at radius 2 is 1.00 bits per heavy atom. The van der Waals surface area contributed by atoms with Crippen molar-refractivity contribution in [2.45, 2.75) is 0 Å². The Morgan fingerprint density at radius 3 is 1.00 bits per heavy atom. The molecule has 0 saturated carbocycles. The maximum Gasteiger partial charge on any atom is 0 e. The number of hydrogen-bond acceptors (Lipinski definition) is 0. The Balaban J connectivity index is 0. The zero-order valence-electron chi connectivity index (χ0n) is 2.19. The van der Waals surface area contributed by atoms with E-state index in [0.29, 0.717) is 0 Å². The fourth-order valence-electron chi connectivity index (χ4n) is 0. The van der Waals surface area contributed by atoms with E-state index in [1.54, 1.807) is 0 Å². The van der Waals surface area contributed by atoms with Gasteiger partial charge in [-0.25, -0.2) is 0 Å². The number of rotatable bonds is 0. The summed E-state index contributed by atoms with van der Waals surface area (Å²) >= 11 is 0. The van der Waals surface area contributed by atoms with Gasteiger partial charge in [0.2, 0.25) is 0 Å². The van der Waals surface area contributed by atoms with Gasteiger partial charge < -0.3 is 0 Å². The van der Waals surface area contributed by atoms with Crippen LogP contribution in [0.2, 0.25) is 0 Å². The van der Waals surface area contributed by atoms with Gasteiger partial charge in [0.25, 0.3) is 0 Å². The molecule has 0 atom stereocenters. The third-order valence-corrected chi connectivity index (χ3v) is 0. The van der Waals surface area contributed by atoms with E-state index in [-0.39, 0.29) is 74.1 Å². The summed E-state index contributed by atoms with van der Waals surface area (Å²) in [6.07, 6.45) is 0. The SMILES string of the molecule is [Li].[Mn].[Ni].[Ti]. The predicted octanol–water partition coefficient (Wildman–Crippen LogP) is -0.388. The molecule has 4 heteroatoms. The molecule has 0 amide bonds. The van der Waals surface area contributed by atoms with Crippen LogP contribution >= 0.6 is 0 Å². The Kier molecular flexibility index (Phi) is 153. The van der Waals surface area contributed by atoms with Crippen LogP contribution in [-0.2, 0) is 55.3 Å². The summed E-state index contributed by atoms with van der Waals surface area (Å²) in [4.78, 5) is 0. The minimum atomic E-state index is 0. The van der Waals surface area contributed by atoms with Gasteiger partial charge in [-0.15, -0.1) is 0 Å². The summed E-state index contributed by atoms with van der Waals surface area (Å²) in [6.45, 7) is 0. The second-order valence-electron chi connectivity index (χ2n) is 0. The maximum atomic E-state index is 0. The molecule has 0 aliphatic rings. The fourth-order valence-corrected chi connectivity index (χ4v) is 0. The van der Waals surface area contributed by atoms with Crippen LogP contribution in [0.5, 0.6) is 0 Å². The summed E-state index contributed by atoms with van der Waals surface area (Å²) in [7, 11) is 0. The van der Waals surface area contributed by atoms with E-state index in [1.165, 1.54) is 0 Å². The molecular formula is LiMnNiTi. The monoisotopic (exact) mass is 168 g/mol. The standard InChI is InChI=1S/Li.Mn.Ni.Ti. The minimum absolute atomic E-state index is 0. The first kappa shape index (κ1) is 33.2. The Labute approximate surface area is 73.3 Å². The van der Waals surface area contributed by atoms with Crippen molar-refractivity contribution in [2.75, 3.05) is 0 Å². The summed E-state index contributed by atoms with van der Waals surface area (Å²) in [5.41, 5.74) is 0. The van der Waals surface area contributed by atoms with E-state index in [2.05, 4.69) is 0 Å². The van der Waals surface area contributed by atoms with Crippen molar-refractivity contribution < 1.29 is 55.3 Å². The molecule has 0 unspecified atom stereocenters. The fraction of sp³-hybridized carbons (Fsp3) is 0. The van der Waals surface area contributed by atoms with Gasteiger partial charge in [0.1, 0.15) is 0 Å². The molecule has 0 bridgehead atoms. The molecule has 0 fully saturated rings. The molecule has 0 heterocycles. The van der Waals surface area contributed by atoms with Gasteiger partial charge in [-0.2, -0.15) is 0 Å². The first-order chi connectivity index (χ1) is 0. The summed E-state index contributed by atoms with van der Waals surface area (Å²) in [5, 5.41) is 0. The Hall–Kier alpha value is 2.32. The van der Waals surface area contributed by atoms with E-state index >= 15 is 0 Å². The van der Waals surface area contributed by atoms with E-state index < -0.39 is 0 Å². The molecule has 0 nitrogen and oxygen atoms in total. The molecule has 2 radical (unpaired) electrons. The molecular weight excluding hydrogens is 168 g/mol. The van der Waals surface area contributed by atoms with Crippen molar-refractivity contribution in [1.82, 2.24) is 0 Å². The molecule has 0 saturated heterocycles. The van der Waals surface area contributed by atoms with Crippen LogP contribution < -0.4 is 0 Å². The van der Waals surface area contributed by atoms with Crippen molar-refractivity contribution in [2.24, 2.45) is 0 Å². The van der Waals surface area contributed by atoms with Crippen LogP contribution in [0.4, 0.5) is 0 Å². The largest absolute Gasteiger partial charge is 0 e. The molecule has 0 rings (SSSR count). The maximum absolute atomic E-state index is 0. The average Bonchev–Trinajstić information content (AvgIpc) is 0. The zero-order chi connectivity index (χ0) is 0. The summed E-state index contributed by atoms with van der Waals surface area (Å²) < 4.78 is 0. The molecule has 0 aromatic rings. The van der Waals surface area contributed by atoms with Gasteiger partial charge in [-0.1, -0.05) is 0 Å². The Bertz CT molecular complexity index is 8.00. The topological polar surface area (TPSA) is 0 Å². The van der Waals surface area contributed by atoms with Crippen molar-refractivity contribution in [3.8, 4) is 0 Å². The van der Waals surface area contributed by atoms with Gasteiger partial charge in [0.15, 0.2) is 0 Å². The molecule has 0 aliphatic carbocycles. The summed E-state index contributed by atoms with van der Waals surface area (Å²) in [5.74, 6) is 0. The van der Waals surface area contributed by atoms with Crippen LogP contribution in [0, 0.1) is 0 Å². The van der Waals surface area contributed by atoms with Crippen molar-refractivity contribution in [3.05, 3.63) is 0 Å². The quantitative estimate of drug-likeness (QED) is 0.432. The van der Waals surface area contributed by atoms with Crippen molar-refractivity contribution in [3.63, 3.8) is 0 Å². The molecule has 0 aromatic heterocycles. The van der Waals surface area contributed by atoms with Crippen molar-refractivity contribution >= 4 is 18.9 Å². The first-order valence-corrected chi connectivity index (χ1v) is 0. The molecule has 0 aliphatic heterocycles. The first-order valence-electron chi connectivity index (χ1n) is 0. The van der Waals surface area contributed by atoms with Gasteiger partial charge in [0, 0.05) is 74.1 Å². The van der Waals surface area contributed by atoms with Crippen LogP contribution in [-0.4, -0.2) is 18.9 Å². The van der Waals surface area contributed by atoms with Crippen LogP contribution in [0.15, 0.2) is 0 Å². The normalized spacial score (nSPS) is 0. The molecule has 4 heavy (non-hydrogen) atoms. The van der Waals surface area contributed by atoms with Crippen LogP contribution in [0.1, 0.15) is 0 Å². The third kappa shape index (κ3) is 8.85.